The number of hydrogen-bond acceptors (Lipinski definition) is 3. The first-order chi connectivity index (χ1) is 11.8. The fourth-order valence-electron chi connectivity index (χ4n) is 2.70. The molecular formula is C20H28N2O3. The van der Waals surface area contributed by atoms with Crippen LogP contribution < -0.4 is 10.6 Å². The topological polar surface area (TPSA) is 67.4 Å². The number of nitrogens with one attached hydrogen (secondary N) is 2. The van der Waals surface area contributed by atoms with E-state index < -0.39 is 11.7 Å². The van der Waals surface area contributed by atoms with Crippen LogP contribution in [-0.4, -0.2) is 24.1 Å². The molecule has 0 heterocycles. The molecule has 0 aromatic heterocycles. The van der Waals surface area contributed by atoms with Crippen molar-refractivity contribution in [2.24, 2.45) is 0 Å². The van der Waals surface area contributed by atoms with Gasteiger partial charge in [0.15, 0.2) is 0 Å². The van der Waals surface area contributed by atoms with Gasteiger partial charge in [0, 0.05) is 17.8 Å². The summed E-state index contributed by atoms with van der Waals surface area (Å²) in [5.41, 5.74) is 2.08. The summed E-state index contributed by atoms with van der Waals surface area (Å²) in [4.78, 5) is 23.9. The second kappa shape index (κ2) is 8.70. The molecule has 0 bridgehead atoms. The first-order valence-corrected chi connectivity index (χ1v) is 8.90. The first-order valence-electron chi connectivity index (χ1n) is 8.90. The third-order valence-corrected chi connectivity index (χ3v) is 3.91. The van der Waals surface area contributed by atoms with Gasteiger partial charge >= 0.3 is 6.09 Å². The molecule has 0 unspecified atom stereocenters. The molecule has 2 amide bonds. The highest BCUT2D eigenvalue weighted by atomic mass is 16.6. The molecular weight excluding hydrogens is 316 g/mol. The Bertz CT molecular complexity index is 627. The molecule has 0 atom stereocenters. The quantitative estimate of drug-likeness (QED) is 0.764. The van der Waals surface area contributed by atoms with Gasteiger partial charge in [0.1, 0.15) is 5.60 Å². The van der Waals surface area contributed by atoms with E-state index in [4.69, 9.17) is 4.74 Å². The van der Waals surface area contributed by atoms with Crippen LogP contribution >= 0.6 is 0 Å². The smallest absolute Gasteiger partial charge is 0.412 e. The standard InChI is InChI=1S/C20H28N2O3/c1-20(2,3)25-19(24)22-17-11-9-16(10-12-17)18(23)21-14-13-15-7-5-4-6-8-15/h7,9-12H,4-6,8,13-14H2,1-3H3,(H,21,23)(H,22,24). The summed E-state index contributed by atoms with van der Waals surface area (Å²) in [6, 6.07) is 6.79. The Balaban J connectivity index is 1.79. The number of benzene rings is 1. The molecule has 1 aliphatic carbocycles. The maximum Gasteiger partial charge on any atom is 0.412 e. The zero-order valence-electron chi connectivity index (χ0n) is 15.4. The number of rotatable bonds is 5. The van der Waals surface area contributed by atoms with Crippen LogP contribution in [-0.2, 0) is 4.74 Å². The summed E-state index contributed by atoms with van der Waals surface area (Å²) in [7, 11) is 0. The van der Waals surface area contributed by atoms with Crippen molar-refractivity contribution in [1.29, 1.82) is 0 Å². The molecule has 0 aliphatic heterocycles. The number of anilines is 1. The van der Waals surface area contributed by atoms with Crippen molar-refractivity contribution in [1.82, 2.24) is 5.32 Å². The molecule has 5 nitrogen and oxygen atoms in total. The highest BCUT2D eigenvalue weighted by Crippen LogP contribution is 2.19. The van der Waals surface area contributed by atoms with Gasteiger partial charge in [0.2, 0.25) is 0 Å². The molecule has 0 fully saturated rings. The van der Waals surface area contributed by atoms with Gasteiger partial charge in [-0.15, -0.1) is 0 Å². The Labute approximate surface area is 149 Å². The van der Waals surface area contributed by atoms with E-state index in [-0.39, 0.29) is 5.91 Å². The molecule has 0 saturated heterocycles. The average Bonchev–Trinajstić information content (AvgIpc) is 2.54. The van der Waals surface area contributed by atoms with E-state index in [1.807, 2.05) is 20.8 Å². The molecule has 2 rings (SSSR count). The molecule has 1 aromatic carbocycles. The maximum absolute atomic E-state index is 12.2. The van der Waals surface area contributed by atoms with Crippen LogP contribution in [0.1, 0.15) is 63.2 Å². The Morgan fingerprint density at radius 2 is 1.84 bits per heavy atom. The van der Waals surface area contributed by atoms with Crippen molar-refractivity contribution >= 4 is 17.7 Å². The van der Waals surface area contributed by atoms with Crippen molar-refractivity contribution in [3.63, 3.8) is 0 Å². The van der Waals surface area contributed by atoms with Gasteiger partial charge in [-0.05, 0) is 77.1 Å². The van der Waals surface area contributed by atoms with E-state index in [9.17, 15) is 9.59 Å². The summed E-state index contributed by atoms with van der Waals surface area (Å²) in [6.45, 7) is 6.08. The van der Waals surface area contributed by atoms with Crippen LogP contribution in [0.2, 0.25) is 0 Å². The summed E-state index contributed by atoms with van der Waals surface area (Å²) in [5, 5.41) is 5.60. The lowest BCUT2D eigenvalue weighted by Crippen LogP contribution is -2.27. The minimum absolute atomic E-state index is 0.0970. The van der Waals surface area contributed by atoms with Crippen molar-refractivity contribution < 1.29 is 14.3 Å². The molecule has 0 saturated carbocycles. The summed E-state index contributed by atoms with van der Waals surface area (Å²) < 4.78 is 5.20. The van der Waals surface area contributed by atoms with E-state index >= 15 is 0 Å². The van der Waals surface area contributed by atoms with Gasteiger partial charge in [-0.1, -0.05) is 11.6 Å². The molecule has 136 valence electrons. The van der Waals surface area contributed by atoms with E-state index in [2.05, 4.69) is 16.7 Å². The van der Waals surface area contributed by atoms with Crippen LogP contribution in [0.4, 0.5) is 10.5 Å². The second-order valence-electron chi connectivity index (χ2n) is 7.32. The lowest BCUT2D eigenvalue weighted by Gasteiger charge is -2.19. The second-order valence-corrected chi connectivity index (χ2v) is 7.32. The monoisotopic (exact) mass is 344 g/mol. The Kier molecular flexibility index (Phi) is 6.62. The number of allylic oxidation sites excluding steroid dienone is 1. The van der Waals surface area contributed by atoms with Gasteiger partial charge in [-0.3, -0.25) is 10.1 Å². The van der Waals surface area contributed by atoms with Crippen LogP contribution in [0.3, 0.4) is 0 Å². The van der Waals surface area contributed by atoms with Gasteiger partial charge in [0.05, 0.1) is 0 Å². The van der Waals surface area contributed by atoms with Crippen molar-refractivity contribution in [2.75, 3.05) is 11.9 Å². The third kappa shape index (κ3) is 6.99. The maximum atomic E-state index is 12.2. The molecule has 5 heteroatoms. The Hall–Kier alpha value is -2.30. The fourth-order valence-corrected chi connectivity index (χ4v) is 2.70. The van der Waals surface area contributed by atoms with E-state index in [1.165, 1.54) is 18.4 Å². The van der Waals surface area contributed by atoms with Crippen molar-refractivity contribution in [2.45, 2.75) is 58.5 Å². The predicted molar refractivity (Wildman–Crippen MR) is 99.8 cm³/mol. The van der Waals surface area contributed by atoms with Gasteiger partial charge in [-0.25, -0.2) is 4.79 Å². The number of ether oxygens (including phenoxy) is 1. The minimum atomic E-state index is -0.544. The van der Waals surface area contributed by atoms with Crippen molar-refractivity contribution in [3.05, 3.63) is 41.5 Å². The summed E-state index contributed by atoms with van der Waals surface area (Å²) >= 11 is 0. The van der Waals surface area contributed by atoms with Crippen LogP contribution in [0.25, 0.3) is 0 Å². The highest BCUT2D eigenvalue weighted by Gasteiger charge is 2.16. The fraction of sp³-hybridized carbons (Fsp3) is 0.500. The Morgan fingerprint density at radius 1 is 1.12 bits per heavy atom. The lowest BCUT2D eigenvalue weighted by atomic mass is 9.97. The molecule has 0 radical (unpaired) electrons. The summed E-state index contributed by atoms with van der Waals surface area (Å²) in [6.07, 6.45) is 7.56. The zero-order valence-corrected chi connectivity index (χ0v) is 15.4. The SMILES string of the molecule is CC(C)(C)OC(=O)Nc1ccc(C(=O)NCCC2=CCCCC2)cc1. The van der Waals surface area contributed by atoms with Gasteiger partial charge in [-0.2, -0.15) is 0 Å². The highest BCUT2D eigenvalue weighted by molar-refractivity contribution is 5.95. The number of amides is 2. The van der Waals surface area contributed by atoms with Crippen LogP contribution in [0.5, 0.6) is 0 Å². The van der Waals surface area contributed by atoms with Crippen molar-refractivity contribution in [3.8, 4) is 0 Å². The molecule has 25 heavy (non-hydrogen) atoms. The van der Waals surface area contributed by atoms with Gasteiger partial charge in [0.25, 0.3) is 5.91 Å². The number of hydrogen-bond donors (Lipinski definition) is 2. The zero-order chi connectivity index (χ0) is 18.3. The van der Waals surface area contributed by atoms with Crippen LogP contribution in [0, 0.1) is 0 Å². The molecule has 0 spiro atoms. The predicted octanol–water partition coefficient (Wildman–Crippen LogP) is 4.65. The summed E-state index contributed by atoms with van der Waals surface area (Å²) in [5.74, 6) is -0.0970. The Morgan fingerprint density at radius 3 is 2.44 bits per heavy atom. The van der Waals surface area contributed by atoms with Crippen LogP contribution in [0.15, 0.2) is 35.9 Å². The van der Waals surface area contributed by atoms with E-state index in [0.29, 0.717) is 17.8 Å². The third-order valence-electron chi connectivity index (χ3n) is 3.91. The molecule has 1 aromatic rings. The minimum Gasteiger partial charge on any atom is -0.444 e. The lowest BCUT2D eigenvalue weighted by molar-refractivity contribution is 0.0635. The average molecular weight is 344 g/mol. The normalized spacial score (nSPS) is 14.4. The van der Waals surface area contributed by atoms with Gasteiger partial charge < -0.3 is 10.1 Å². The largest absolute Gasteiger partial charge is 0.444 e. The molecule has 1 aliphatic rings. The number of carbonyl (C=O) groups is 2. The number of carbonyl (C=O) groups excluding carboxylic acids is 2. The first kappa shape index (κ1) is 19.0. The van der Waals surface area contributed by atoms with E-state index in [0.717, 1.165) is 19.3 Å². The van der Waals surface area contributed by atoms with E-state index in [1.54, 1.807) is 24.3 Å². The molecule has 2 N–H and O–H groups in total.